The van der Waals surface area contributed by atoms with E-state index in [0.717, 1.165) is 0 Å². The first-order valence-electron chi connectivity index (χ1n) is 6.23. The summed E-state index contributed by atoms with van der Waals surface area (Å²) in [6.07, 6.45) is 0.395. The first-order chi connectivity index (χ1) is 7.55. The Kier molecular flexibility index (Phi) is 3.84. The van der Waals surface area contributed by atoms with Gasteiger partial charge >= 0.3 is 0 Å². The number of carbonyl (C=O) groups excluding carboxylic acids is 1. The molecule has 2 nitrogen and oxygen atoms in total. The van der Waals surface area contributed by atoms with E-state index in [0.29, 0.717) is 13.0 Å². The van der Waals surface area contributed by atoms with E-state index in [9.17, 15) is 13.6 Å². The third kappa shape index (κ3) is 3.17. The van der Waals surface area contributed by atoms with Crippen molar-refractivity contribution in [3.8, 4) is 0 Å². The maximum Gasteiger partial charge on any atom is 0.268 e. The summed E-state index contributed by atoms with van der Waals surface area (Å²) >= 11 is 0. The molecule has 1 aliphatic heterocycles. The lowest BCUT2D eigenvalue weighted by atomic mass is 9.82. The molecular weight excluding hydrogens is 224 g/mol. The number of likely N-dealkylation sites (tertiary alicyclic amines) is 1. The molecule has 1 unspecified atom stereocenters. The summed E-state index contributed by atoms with van der Waals surface area (Å²) in [5.74, 6) is -3.59. The molecule has 0 aliphatic carbocycles. The Bertz CT molecular complexity index is 294. The van der Waals surface area contributed by atoms with Crippen LogP contribution in [0.4, 0.5) is 8.78 Å². The van der Waals surface area contributed by atoms with Gasteiger partial charge in [-0.15, -0.1) is 0 Å². The molecule has 0 N–H and O–H groups in total. The highest BCUT2D eigenvalue weighted by Crippen LogP contribution is 2.38. The summed E-state index contributed by atoms with van der Waals surface area (Å²) in [5.41, 5.74) is -0.583. The van der Waals surface area contributed by atoms with E-state index >= 15 is 0 Å². The average Bonchev–Trinajstić information content (AvgIpc) is 2.12. The topological polar surface area (TPSA) is 20.3 Å². The van der Waals surface area contributed by atoms with Crippen LogP contribution in [0.2, 0.25) is 0 Å². The number of nitrogens with zero attached hydrogens (tertiary/aromatic N) is 1. The van der Waals surface area contributed by atoms with Gasteiger partial charge in [0.25, 0.3) is 5.92 Å². The van der Waals surface area contributed by atoms with Crippen molar-refractivity contribution < 1.29 is 13.6 Å². The predicted octanol–water partition coefficient (Wildman–Crippen LogP) is 3.17. The van der Waals surface area contributed by atoms with Crippen molar-refractivity contribution in [2.75, 3.05) is 13.1 Å². The molecule has 0 aromatic rings. The first-order valence-corrected chi connectivity index (χ1v) is 6.23. The Morgan fingerprint density at radius 2 is 1.88 bits per heavy atom. The van der Waals surface area contributed by atoms with Gasteiger partial charge in [-0.3, -0.25) is 4.79 Å². The molecule has 17 heavy (non-hydrogen) atoms. The molecule has 4 heteroatoms. The van der Waals surface area contributed by atoms with Crippen LogP contribution in [-0.2, 0) is 4.79 Å². The van der Waals surface area contributed by atoms with Crippen LogP contribution in [0.15, 0.2) is 0 Å². The van der Waals surface area contributed by atoms with Crippen molar-refractivity contribution in [1.29, 1.82) is 0 Å². The van der Waals surface area contributed by atoms with Gasteiger partial charge in [-0.25, -0.2) is 8.78 Å². The molecule has 1 atom stereocenters. The number of piperidine rings is 1. The van der Waals surface area contributed by atoms with Crippen molar-refractivity contribution in [2.45, 2.75) is 47.0 Å². The van der Waals surface area contributed by atoms with Gasteiger partial charge in [0.1, 0.15) is 0 Å². The minimum atomic E-state index is -2.76. The van der Waals surface area contributed by atoms with Crippen LogP contribution in [0.3, 0.4) is 0 Å². The quantitative estimate of drug-likeness (QED) is 0.697. The fourth-order valence-electron chi connectivity index (χ4n) is 2.43. The molecule has 1 fully saturated rings. The molecule has 1 aliphatic rings. The number of halogens is 2. The lowest BCUT2D eigenvalue weighted by Crippen LogP contribution is -2.54. The number of rotatable bonds is 1. The molecule has 0 spiro atoms. The van der Waals surface area contributed by atoms with Gasteiger partial charge in [0, 0.05) is 17.9 Å². The largest absolute Gasteiger partial charge is 0.336 e. The average molecular weight is 247 g/mol. The summed E-state index contributed by atoms with van der Waals surface area (Å²) < 4.78 is 27.8. The maximum absolute atomic E-state index is 13.9. The molecule has 1 amide bonds. The lowest BCUT2D eigenvalue weighted by molar-refractivity contribution is -0.161. The van der Waals surface area contributed by atoms with Gasteiger partial charge in [-0.1, -0.05) is 34.6 Å². The van der Waals surface area contributed by atoms with Crippen molar-refractivity contribution in [3.63, 3.8) is 0 Å². The number of amides is 1. The molecule has 0 aromatic heterocycles. The smallest absolute Gasteiger partial charge is 0.268 e. The van der Waals surface area contributed by atoms with Crippen molar-refractivity contribution in [3.05, 3.63) is 0 Å². The normalized spacial score (nSPS) is 25.2. The Balaban J connectivity index is 2.77. The van der Waals surface area contributed by atoms with Crippen molar-refractivity contribution in [1.82, 2.24) is 4.90 Å². The van der Waals surface area contributed by atoms with Gasteiger partial charge in [0.15, 0.2) is 0 Å². The minimum Gasteiger partial charge on any atom is -0.336 e. The minimum absolute atomic E-state index is 0.0445. The molecule has 1 heterocycles. The van der Waals surface area contributed by atoms with Gasteiger partial charge in [0.2, 0.25) is 5.91 Å². The van der Waals surface area contributed by atoms with E-state index < -0.39 is 23.8 Å². The standard InChI is InChI=1S/C13H23F2NO/c1-9(2)10-6-7-16(8-13(10,14)15)11(17)12(3,4)5/h9-10H,6-8H2,1-5H3. The number of alkyl halides is 2. The summed E-state index contributed by atoms with van der Waals surface area (Å²) in [7, 11) is 0. The monoisotopic (exact) mass is 247 g/mol. The Morgan fingerprint density at radius 3 is 2.24 bits per heavy atom. The second kappa shape index (κ2) is 4.54. The van der Waals surface area contributed by atoms with Crippen molar-refractivity contribution in [2.24, 2.45) is 17.3 Å². The zero-order chi connectivity index (χ0) is 13.4. The highest BCUT2D eigenvalue weighted by Gasteiger charge is 2.47. The summed E-state index contributed by atoms with van der Waals surface area (Å²) in [6, 6.07) is 0. The summed E-state index contributed by atoms with van der Waals surface area (Å²) in [5, 5.41) is 0. The zero-order valence-corrected chi connectivity index (χ0v) is 11.4. The molecule has 0 aromatic carbocycles. The predicted molar refractivity (Wildman–Crippen MR) is 63.9 cm³/mol. The van der Waals surface area contributed by atoms with Crippen molar-refractivity contribution >= 4 is 5.91 Å². The molecule has 0 radical (unpaired) electrons. The van der Waals surface area contributed by atoms with Crippen LogP contribution < -0.4 is 0 Å². The third-order valence-corrected chi connectivity index (χ3v) is 3.39. The molecule has 1 saturated heterocycles. The van der Waals surface area contributed by atoms with Gasteiger partial charge in [-0.2, -0.15) is 0 Å². The number of hydrogen-bond donors (Lipinski definition) is 0. The molecule has 100 valence electrons. The van der Waals surface area contributed by atoms with Gasteiger partial charge in [0.05, 0.1) is 6.54 Å². The zero-order valence-electron chi connectivity index (χ0n) is 11.4. The van der Waals surface area contributed by atoms with Crippen LogP contribution >= 0.6 is 0 Å². The molecular formula is C13H23F2NO. The number of hydrogen-bond acceptors (Lipinski definition) is 1. The van der Waals surface area contributed by atoms with E-state index in [2.05, 4.69) is 0 Å². The second-order valence-corrected chi connectivity index (χ2v) is 6.38. The van der Waals surface area contributed by atoms with Gasteiger partial charge in [-0.05, 0) is 12.3 Å². The fourth-order valence-corrected chi connectivity index (χ4v) is 2.43. The van der Waals surface area contributed by atoms with E-state index in [1.165, 1.54) is 4.90 Å². The number of carbonyl (C=O) groups is 1. The SMILES string of the molecule is CC(C)C1CCN(C(=O)C(C)(C)C)CC1(F)F. The third-order valence-electron chi connectivity index (χ3n) is 3.39. The molecule has 0 bridgehead atoms. The Hall–Kier alpha value is -0.670. The second-order valence-electron chi connectivity index (χ2n) is 6.38. The van der Waals surface area contributed by atoms with Crippen LogP contribution in [0, 0.1) is 17.3 Å². The van der Waals surface area contributed by atoms with E-state index in [1.807, 2.05) is 13.8 Å². The van der Waals surface area contributed by atoms with Crippen LogP contribution in [0.25, 0.3) is 0 Å². The molecule has 1 rings (SSSR count). The molecule has 0 saturated carbocycles. The lowest BCUT2D eigenvalue weighted by Gasteiger charge is -2.42. The summed E-state index contributed by atoms with van der Waals surface area (Å²) in [6.45, 7) is 8.96. The maximum atomic E-state index is 13.9. The van der Waals surface area contributed by atoms with Crippen LogP contribution in [0.5, 0.6) is 0 Å². The van der Waals surface area contributed by atoms with E-state index in [-0.39, 0.29) is 11.8 Å². The van der Waals surface area contributed by atoms with Crippen LogP contribution in [-0.4, -0.2) is 29.8 Å². The summed E-state index contributed by atoms with van der Waals surface area (Å²) in [4.78, 5) is 13.3. The van der Waals surface area contributed by atoms with Crippen LogP contribution in [0.1, 0.15) is 41.0 Å². The highest BCUT2D eigenvalue weighted by atomic mass is 19.3. The van der Waals surface area contributed by atoms with Gasteiger partial charge < -0.3 is 4.90 Å². The fraction of sp³-hybridized carbons (Fsp3) is 0.923. The Labute approximate surface area is 102 Å². The van der Waals surface area contributed by atoms with E-state index in [1.54, 1.807) is 20.8 Å². The van der Waals surface area contributed by atoms with E-state index in [4.69, 9.17) is 0 Å². The Morgan fingerprint density at radius 1 is 1.35 bits per heavy atom. The highest BCUT2D eigenvalue weighted by molar-refractivity contribution is 5.81. The first kappa shape index (κ1) is 14.4.